The quantitative estimate of drug-likeness (QED) is 0.0896. The molecule has 1 aliphatic heterocycles. The van der Waals surface area contributed by atoms with Crippen LogP contribution in [0.25, 0.3) is 0 Å². The molecule has 1 aliphatic rings. The maximum atomic E-state index is 12.4. The van der Waals surface area contributed by atoms with E-state index in [0.717, 1.165) is 0 Å². The first-order valence-electron chi connectivity index (χ1n) is 12.4. The summed E-state index contributed by atoms with van der Waals surface area (Å²) in [7, 11) is 2.71. The molecule has 0 saturated carbocycles. The molecule has 0 aliphatic carbocycles. The summed E-state index contributed by atoms with van der Waals surface area (Å²) in [5, 5.41) is 19.7. The van der Waals surface area contributed by atoms with Crippen molar-refractivity contribution in [1.29, 1.82) is 0 Å². The highest BCUT2D eigenvalue weighted by Crippen LogP contribution is 2.35. The summed E-state index contributed by atoms with van der Waals surface area (Å²) in [6, 6.07) is 6.88. The second-order valence-corrected chi connectivity index (χ2v) is 9.39. The van der Waals surface area contributed by atoms with Crippen LogP contribution >= 0.6 is 15.9 Å². The van der Waals surface area contributed by atoms with Crippen LogP contribution in [0.2, 0.25) is 0 Å². The third-order valence-electron chi connectivity index (χ3n) is 5.64. The lowest BCUT2D eigenvalue weighted by Gasteiger charge is -2.28. The summed E-state index contributed by atoms with van der Waals surface area (Å²) in [5.74, 6) is 0.179. The van der Waals surface area contributed by atoms with Crippen LogP contribution in [0.4, 0.5) is 4.79 Å². The Morgan fingerprint density at radius 3 is 2.56 bits per heavy atom. The minimum Gasteiger partial charge on any atom is -0.493 e. The van der Waals surface area contributed by atoms with Crippen molar-refractivity contribution in [2.45, 2.75) is 33.0 Å². The van der Waals surface area contributed by atoms with Crippen LogP contribution in [0.1, 0.15) is 37.9 Å². The number of aliphatic hydroxyl groups excluding tert-OH is 1. The molecule has 14 heteroatoms. The van der Waals surface area contributed by atoms with E-state index in [0.29, 0.717) is 45.2 Å². The molecule has 2 amide bonds. The zero-order valence-corrected chi connectivity index (χ0v) is 24.7. The number of methoxy groups -OCH3 is 2. The Hall–Kier alpha value is -4.30. The Balaban J connectivity index is 1.70. The normalized spacial score (nSPS) is 15.5. The number of esters is 2. The molecule has 4 N–H and O–H groups in total. The molecule has 3 rings (SSSR count). The number of ether oxygens (including phenoxy) is 5. The van der Waals surface area contributed by atoms with Crippen LogP contribution in [0.15, 0.2) is 51.2 Å². The van der Waals surface area contributed by atoms with E-state index in [2.05, 4.69) is 37.1 Å². The molecular weight excluding hydrogens is 604 g/mol. The lowest BCUT2D eigenvalue weighted by atomic mass is 9.95. The van der Waals surface area contributed by atoms with E-state index in [4.69, 9.17) is 23.7 Å². The maximum absolute atomic E-state index is 12.4. The molecular formula is C27H31BrN4O9. The van der Waals surface area contributed by atoms with E-state index < -0.39 is 30.2 Å². The number of hydrogen-bond donors (Lipinski definition) is 4. The number of allylic oxidation sites excluding steroid dienone is 1. The number of urea groups is 1. The van der Waals surface area contributed by atoms with Gasteiger partial charge in [-0.2, -0.15) is 5.10 Å². The SMILES string of the molecule is CCOc1cc([C@H]2NC(=O)NC(C)=C2C(=O)OC)ccc1OC[C@H](O)N/N=C\c1cc(OC)c(OC(C)=O)cc1Br. The van der Waals surface area contributed by atoms with Gasteiger partial charge in [0.1, 0.15) is 6.61 Å². The molecule has 0 fully saturated rings. The van der Waals surface area contributed by atoms with E-state index in [1.165, 1.54) is 27.4 Å². The number of hydrazone groups is 1. The fourth-order valence-corrected chi connectivity index (χ4v) is 4.28. The number of benzene rings is 2. The average Bonchev–Trinajstić information content (AvgIpc) is 2.92. The third-order valence-corrected chi connectivity index (χ3v) is 6.32. The first-order valence-corrected chi connectivity index (χ1v) is 13.2. The van der Waals surface area contributed by atoms with Crippen molar-refractivity contribution in [3.8, 4) is 23.0 Å². The number of aliphatic hydroxyl groups is 1. The molecule has 0 spiro atoms. The molecule has 1 heterocycles. The Kier molecular flexibility index (Phi) is 10.9. The number of rotatable bonds is 12. The van der Waals surface area contributed by atoms with Crippen LogP contribution in [0, 0.1) is 0 Å². The second-order valence-electron chi connectivity index (χ2n) is 8.53. The molecule has 0 radical (unpaired) electrons. The number of hydrogen-bond acceptors (Lipinski definition) is 11. The van der Waals surface area contributed by atoms with E-state index in [1.54, 1.807) is 44.2 Å². The summed E-state index contributed by atoms with van der Waals surface area (Å²) in [5.41, 5.74) is 4.36. The van der Waals surface area contributed by atoms with Gasteiger partial charge < -0.3 is 39.4 Å². The highest BCUT2D eigenvalue weighted by atomic mass is 79.9. The number of carbonyl (C=O) groups excluding carboxylic acids is 3. The molecule has 220 valence electrons. The number of amides is 2. The van der Waals surface area contributed by atoms with Gasteiger partial charge >= 0.3 is 18.0 Å². The Labute approximate surface area is 244 Å². The van der Waals surface area contributed by atoms with Crippen molar-refractivity contribution < 1.29 is 43.2 Å². The molecule has 2 aromatic carbocycles. The summed E-state index contributed by atoms with van der Waals surface area (Å²) < 4.78 is 27.3. The van der Waals surface area contributed by atoms with Gasteiger partial charge in [0.05, 0.1) is 38.7 Å². The Morgan fingerprint density at radius 2 is 1.90 bits per heavy atom. The lowest BCUT2D eigenvalue weighted by Crippen LogP contribution is -2.45. The van der Waals surface area contributed by atoms with E-state index >= 15 is 0 Å². The molecule has 0 unspecified atom stereocenters. The van der Waals surface area contributed by atoms with Gasteiger partial charge in [-0.1, -0.05) is 6.07 Å². The zero-order valence-electron chi connectivity index (χ0n) is 23.1. The maximum Gasteiger partial charge on any atom is 0.337 e. The number of carbonyl (C=O) groups is 3. The standard InChI is InChI=1S/C27H31BrN4O9/c1-6-39-21-9-16(25-24(26(35)38-5)14(2)30-27(36)31-25)7-8-19(21)40-13-23(34)32-29-12-17-10-20(37-4)22(11-18(17)28)41-15(3)33/h7-12,23,25,32,34H,6,13H2,1-5H3,(H2,30,31,36)/b29-12-/t23-,25+/m0/s1. The first kappa shape index (κ1) is 31.2. The van der Waals surface area contributed by atoms with Gasteiger partial charge in [0.15, 0.2) is 29.2 Å². The Bertz CT molecular complexity index is 1360. The lowest BCUT2D eigenvalue weighted by molar-refractivity contribution is -0.136. The predicted octanol–water partition coefficient (Wildman–Crippen LogP) is 2.90. The van der Waals surface area contributed by atoms with E-state index in [9.17, 15) is 19.5 Å². The highest BCUT2D eigenvalue weighted by molar-refractivity contribution is 9.10. The monoisotopic (exact) mass is 634 g/mol. The smallest absolute Gasteiger partial charge is 0.337 e. The predicted molar refractivity (Wildman–Crippen MR) is 151 cm³/mol. The second kappa shape index (κ2) is 14.4. The molecule has 0 saturated heterocycles. The number of halogens is 1. The third kappa shape index (κ3) is 8.11. The van der Waals surface area contributed by atoms with E-state index in [-0.39, 0.29) is 17.9 Å². The largest absolute Gasteiger partial charge is 0.493 e. The van der Waals surface area contributed by atoms with E-state index in [1.807, 2.05) is 0 Å². The topological polar surface area (TPSA) is 166 Å². The van der Waals surface area contributed by atoms with Gasteiger partial charge in [-0.3, -0.25) is 10.2 Å². The van der Waals surface area contributed by atoms with Crippen LogP contribution in [0.5, 0.6) is 23.0 Å². The Morgan fingerprint density at radius 1 is 1.15 bits per heavy atom. The highest BCUT2D eigenvalue weighted by Gasteiger charge is 2.32. The first-order chi connectivity index (χ1) is 19.6. The van der Waals surface area contributed by atoms with Gasteiger partial charge in [0.25, 0.3) is 0 Å². The van der Waals surface area contributed by atoms with Crippen LogP contribution < -0.4 is 35.0 Å². The van der Waals surface area contributed by atoms with Gasteiger partial charge in [0.2, 0.25) is 0 Å². The van der Waals surface area contributed by atoms with Crippen LogP contribution in [-0.4, -0.2) is 63.0 Å². The molecule has 41 heavy (non-hydrogen) atoms. The van der Waals surface area contributed by atoms with Gasteiger partial charge in [0, 0.05) is 22.7 Å². The fourth-order valence-electron chi connectivity index (χ4n) is 3.86. The zero-order chi connectivity index (χ0) is 30.1. The van der Waals surface area contributed by atoms with Crippen molar-refractivity contribution in [3.05, 3.63) is 57.2 Å². The van der Waals surface area contributed by atoms with Crippen molar-refractivity contribution in [2.75, 3.05) is 27.4 Å². The molecule has 0 bridgehead atoms. The minimum absolute atomic E-state index is 0.191. The van der Waals surface area contributed by atoms with Gasteiger partial charge in [-0.25, -0.2) is 9.59 Å². The van der Waals surface area contributed by atoms with Gasteiger partial charge in [-0.05, 0) is 59.6 Å². The van der Waals surface area contributed by atoms with Crippen LogP contribution in [-0.2, 0) is 14.3 Å². The molecule has 2 aromatic rings. The van der Waals surface area contributed by atoms with Crippen molar-refractivity contribution >= 4 is 40.1 Å². The van der Waals surface area contributed by atoms with Crippen molar-refractivity contribution in [3.63, 3.8) is 0 Å². The fraction of sp³-hybridized carbons (Fsp3) is 0.333. The summed E-state index contributed by atoms with van der Waals surface area (Å²) in [6.45, 7) is 4.82. The molecule has 0 aromatic heterocycles. The van der Waals surface area contributed by atoms with Crippen molar-refractivity contribution in [2.24, 2.45) is 5.10 Å². The molecule has 2 atom stereocenters. The summed E-state index contributed by atoms with van der Waals surface area (Å²) in [4.78, 5) is 35.8. The van der Waals surface area contributed by atoms with Crippen LogP contribution in [0.3, 0.4) is 0 Å². The average molecular weight is 635 g/mol. The number of nitrogens with zero attached hydrogens (tertiary/aromatic N) is 1. The minimum atomic E-state index is -1.19. The molecule has 13 nitrogen and oxygen atoms in total. The van der Waals surface area contributed by atoms with Gasteiger partial charge in [-0.15, -0.1) is 0 Å². The number of nitrogens with one attached hydrogen (secondary N) is 3. The summed E-state index contributed by atoms with van der Waals surface area (Å²) >= 11 is 3.39. The summed E-state index contributed by atoms with van der Waals surface area (Å²) in [6.07, 6.45) is 0.247. The van der Waals surface area contributed by atoms with Crippen molar-refractivity contribution in [1.82, 2.24) is 16.1 Å².